The van der Waals surface area contributed by atoms with Gasteiger partial charge in [-0.25, -0.2) is 4.98 Å². The Morgan fingerprint density at radius 2 is 2.07 bits per heavy atom. The molecule has 0 aliphatic rings. The van der Waals surface area contributed by atoms with Gasteiger partial charge in [-0.15, -0.1) is 12.6 Å². The number of carbonyl (C=O) groups is 1. The fraction of sp³-hybridized carbons (Fsp3) is 0.100. The van der Waals surface area contributed by atoms with Crippen molar-refractivity contribution in [2.45, 2.75) is 6.42 Å². The second-order valence-electron chi connectivity index (χ2n) is 2.95. The summed E-state index contributed by atoms with van der Waals surface area (Å²) in [6, 6.07) is 9.68. The van der Waals surface area contributed by atoms with Crippen molar-refractivity contribution < 1.29 is 4.79 Å². The Hall–Kier alpha value is -1.20. The molecule has 0 spiro atoms. The number of hydrogen-bond donors (Lipinski definition) is 1. The third-order valence-electron chi connectivity index (χ3n) is 1.80. The molecule has 0 unspecified atom stereocenters. The van der Waals surface area contributed by atoms with E-state index >= 15 is 0 Å². The monoisotopic (exact) mass is 236 g/mol. The van der Waals surface area contributed by atoms with Crippen molar-refractivity contribution in [3.05, 3.63) is 35.3 Å². The van der Waals surface area contributed by atoms with Gasteiger partial charge in [0.25, 0.3) is 0 Å². The summed E-state index contributed by atoms with van der Waals surface area (Å²) in [5.41, 5.74) is 0.964. The largest absolute Gasteiger partial charge is 0.287 e. The molecule has 0 radical (unpaired) electrons. The van der Waals surface area contributed by atoms with Gasteiger partial charge in [0.05, 0.1) is 6.42 Å². The normalized spacial score (nSPS) is 10.2. The molecule has 0 aliphatic carbocycles. The van der Waals surface area contributed by atoms with Gasteiger partial charge in [-0.05, 0) is 11.5 Å². The summed E-state index contributed by atoms with van der Waals surface area (Å²) in [7, 11) is 0. The molecule has 2 aromatic rings. The Morgan fingerprint density at radius 1 is 1.33 bits per heavy atom. The second-order valence-corrected chi connectivity index (χ2v) is 4.28. The number of hydrogen-bond acceptors (Lipinski definition) is 4. The Kier molecular flexibility index (Phi) is 3.13. The fourth-order valence-electron chi connectivity index (χ4n) is 1.16. The van der Waals surface area contributed by atoms with Gasteiger partial charge in [-0.2, -0.15) is 4.37 Å². The fourth-order valence-corrected chi connectivity index (χ4v) is 2.08. The lowest BCUT2D eigenvalue weighted by Gasteiger charge is -1.91. The average Bonchev–Trinajstić information content (AvgIpc) is 2.67. The minimum Gasteiger partial charge on any atom is -0.287 e. The molecule has 76 valence electrons. The van der Waals surface area contributed by atoms with E-state index in [9.17, 15) is 4.79 Å². The summed E-state index contributed by atoms with van der Waals surface area (Å²) in [4.78, 5) is 15.0. The summed E-state index contributed by atoms with van der Waals surface area (Å²) in [5, 5.41) is 0.514. The predicted molar refractivity (Wildman–Crippen MR) is 63.0 cm³/mol. The molecule has 2 rings (SSSR count). The summed E-state index contributed by atoms with van der Waals surface area (Å²) < 4.78 is 4.18. The Bertz CT molecular complexity index is 467. The highest BCUT2D eigenvalue weighted by Gasteiger charge is 2.07. The van der Waals surface area contributed by atoms with Crippen LogP contribution in [0.5, 0.6) is 0 Å². The molecular formula is C10H8N2OS2. The van der Waals surface area contributed by atoms with E-state index in [0.29, 0.717) is 10.8 Å². The number of nitrogens with zero attached hydrogens (tertiary/aromatic N) is 2. The maximum atomic E-state index is 10.8. The maximum absolute atomic E-state index is 10.8. The van der Waals surface area contributed by atoms with E-state index in [-0.39, 0.29) is 11.5 Å². The van der Waals surface area contributed by atoms with Crippen LogP contribution in [-0.2, 0) is 11.2 Å². The Balaban J connectivity index is 2.24. The molecule has 0 bridgehead atoms. The lowest BCUT2D eigenvalue weighted by atomic mass is 10.2. The van der Waals surface area contributed by atoms with Crippen molar-refractivity contribution in [3.8, 4) is 11.4 Å². The maximum Gasteiger partial charge on any atom is 0.192 e. The SMILES string of the molecule is O=C(S)Cc1nc(-c2ccccc2)ns1. The number of aromatic nitrogens is 2. The zero-order valence-electron chi connectivity index (χ0n) is 7.75. The average molecular weight is 236 g/mol. The van der Waals surface area contributed by atoms with Crippen LogP contribution >= 0.6 is 24.2 Å². The lowest BCUT2D eigenvalue weighted by Crippen LogP contribution is -1.92. The third kappa shape index (κ3) is 2.64. The predicted octanol–water partition coefficient (Wildman–Crippen LogP) is 2.20. The zero-order valence-corrected chi connectivity index (χ0v) is 9.46. The first-order valence-corrected chi connectivity index (χ1v) is 5.57. The van der Waals surface area contributed by atoms with Gasteiger partial charge >= 0.3 is 0 Å². The minimum absolute atomic E-state index is 0.189. The van der Waals surface area contributed by atoms with Gasteiger partial charge < -0.3 is 0 Å². The van der Waals surface area contributed by atoms with Crippen molar-refractivity contribution in [1.29, 1.82) is 0 Å². The molecule has 15 heavy (non-hydrogen) atoms. The molecule has 1 aromatic carbocycles. The van der Waals surface area contributed by atoms with E-state index in [1.807, 2.05) is 30.3 Å². The molecule has 0 N–H and O–H groups in total. The van der Waals surface area contributed by atoms with Crippen molar-refractivity contribution in [1.82, 2.24) is 9.36 Å². The summed E-state index contributed by atoms with van der Waals surface area (Å²) in [6.07, 6.45) is 0.244. The number of benzene rings is 1. The molecule has 0 fully saturated rings. The number of rotatable bonds is 3. The van der Waals surface area contributed by atoms with Crippen LogP contribution < -0.4 is 0 Å². The van der Waals surface area contributed by atoms with Gasteiger partial charge in [-0.3, -0.25) is 4.79 Å². The van der Waals surface area contributed by atoms with Gasteiger partial charge in [-0.1, -0.05) is 30.3 Å². The number of carbonyl (C=O) groups excluding carboxylic acids is 1. The Labute approximate surface area is 96.8 Å². The van der Waals surface area contributed by atoms with Gasteiger partial charge in [0.2, 0.25) is 0 Å². The lowest BCUT2D eigenvalue weighted by molar-refractivity contribution is -0.110. The molecule has 3 nitrogen and oxygen atoms in total. The van der Waals surface area contributed by atoms with Gasteiger partial charge in [0, 0.05) is 5.56 Å². The van der Waals surface area contributed by atoms with Crippen LogP contribution in [0.25, 0.3) is 11.4 Å². The van der Waals surface area contributed by atoms with Crippen molar-refractivity contribution in [2.75, 3.05) is 0 Å². The molecular weight excluding hydrogens is 228 g/mol. The molecule has 0 saturated carbocycles. The van der Waals surface area contributed by atoms with Crippen LogP contribution in [0.1, 0.15) is 5.01 Å². The molecule has 0 aliphatic heterocycles. The van der Waals surface area contributed by atoms with E-state index in [2.05, 4.69) is 22.0 Å². The van der Waals surface area contributed by atoms with Crippen molar-refractivity contribution >= 4 is 29.3 Å². The van der Waals surface area contributed by atoms with Gasteiger partial charge in [0.15, 0.2) is 10.9 Å². The van der Waals surface area contributed by atoms with Crippen LogP contribution in [0, 0.1) is 0 Å². The van der Waals surface area contributed by atoms with Crippen LogP contribution in [0.4, 0.5) is 0 Å². The van der Waals surface area contributed by atoms with Crippen molar-refractivity contribution in [2.24, 2.45) is 0 Å². The molecule has 5 heteroatoms. The van der Waals surface area contributed by atoms with Crippen molar-refractivity contribution in [3.63, 3.8) is 0 Å². The second kappa shape index (κ2) is 4.55. The van der Waals surface area contributed by atoms with Crippen LogP contribution in [-0.4, -0.2) is 14.5 Å². The molecule has 0 amide bonds. The topological polar surface area (TPSA) is 42.9 Å². The molecule has 0 atom stereocenters. The molecule has 1 heterocycles. The van der Waals surface area contributed by atoms with Crippen LogP contribution in [0.15, 0.2) is 30.3 Å². The van der Waals surface area contributed by atoms with Crippen LogP contribution in [0.2, 0.25) is 0 Å². The smallest absolute Gasteiger partial charge is 0.192 e. The number of thiol groups is 1. The van der Waals surface area contributed by atoms with E-state index in [4.69, 9.17) is 0 Å². The van der Waals surface area contributed by atoms with E-state index in [0.717, 1.165) is 5.56 Å². The third-order valence-corrected chi connectivity index (χ3v) is 2.67. The minimum atomic E-state index is -0.189. The quantitative estimate of drug-likeness (QED) is 0.831. The molecule has 1 aromatic heterocycles. The summed E-state index contributed by atoms with van der Waals surface area (Å²) >= 11 is 4.95. The highest BCUT2D eigenvalue weighted by Crippen LogP contribution is 2.18. The standard InChI is InChI=1S/C10H8N2OS2/c13-9(14)6-8-11-10(12-15-8)7-4-2-1-3-5-7/h1-5H,6H2,(H,13,14). The summed E-state index contributed by atoms with van der Waals surface area (Å²) in [6.45, 7) is 0. The van der Waals surface area contributed by atoms with E-state index < -0.39 is 0 Å². The van der Waals surface area contributed by atoms with E-state index in [1.54, 1.807) is 0 Å². The van der Waals surface area contributed by atoms with Crippen LogP contribution in [0.3, 0.4) is 0 Å². The highest BCUT2D eigenvalue weighted by molar-refractivity contribution is 7.96. The van der Waals surface area contributed by atoms with Gasteiger partial charge in [0.1, 0.15) is 5.01 Å². The summed E-state index contributed by atoms with van der Waals surface area (Å²) in [5.74, 6) is 0.671. The zero-order chi connectivity index (χ0) is 10.7. The first-order chi connectivity index (χ1) is 7.25. The first kappa shape index (κ1) is 10.3. The highest BCUT2D eigenvalue weighted by atomic mass is 32.1. The Morgan fingerprint density at radius 3 is 2.73 bits per heavy atom. The van der Waals surface area contributed by atoms with E-state index in [1.165, 1.54) is 11.5 Å². The molecule has 0 saturated heterocycles. The first-order valence-electron chi connectivity index (χ1n) is 4.35.